The quantitative estimate of drug-likeness (QED) is 0.247. The molecule has 0 aliphatic carbocycles. The first-order valence-electron chi connectivity index (χ1n) is 9.97. The smallest absolute Gasteiger partial charge is 0.332 e. The summed E-state index contributed by atoms with van der Waals surface area (Å²) in [6.07, 6.45) is -3.56. The molecule has 0 saturated heterocycles. The van der Waals surface area contributed by atoms with Gasteiger partial charge in [0.15, 0.2) is 0 Å². The number of Topliss-reactive ketones (excluding diaryl/α,β-unsaturated/α-hetero) is 1. The summed E-state index contributed by atoms with van der Waals surface area (Å²) in [7, 11) is 0. The Morgan fingerprint density at radius 2 is 1.82 bits per heavy atom. The van der Waals surface area contributed by atoms with Crippen LogP contribution in [0.4, 0.5) is 19.0 Å². The van der Waals surface area contributed by atoms with E-state index in [0.717, 1.165) is 4.57 Å². The summed E-state index contributed by atoms with van der Waals surface area (Å²) in [5, 5.41) is 2.78. The fraction of sp³-hybridized carbons (Fsp3) is 0.125. The number of nitrogens with one attached hydrogen (secondary N) is 1. The van der Waals surface area contributed by atoms with Crippen molar-refractivity contribution in [2.24, 2.45) is 0 Å². The monoisotopic (exact) mass is 505 g/mol. The zero-order chi connectivity index (χ0) is 24.6. The number of nitrogens with zero attached hydrogens (tertiary/aromatic N) is 2. The number of pyridine rings is 1. The molecule has 0 spiro atoms. The number of rotatable bonds is 5. The molecule has 0 bridgehead atoms. The third-order valence-electron chi connectivity index (χ3n) is 5.17. The maximum atomic E-state index is 14.4. The van der Waals surface area contributed by atoms with Gasteiger partial charge in [-0.15, -0.1) is 0 Å². The number of hydrogen-bond donors (Lipinski definition) is 1. The van der Waals surface area contributed by atoms with Gasteiger partial charge in [-0.25, -0.2) is 4.98 Å². The largest absolute Gasteiger partial charge is 0.432 e. The van der Waals surface area contributed by atoms with Gasteiger partial charge >= 0.3 is 6.18 Å². The predicted octanol–water partition coefficient (Wildman–Crippen LogP) is 6.54. The number of carbonyl (C=O) groups excluding carboxylic acids is 2. The van der Waals surface area contributed by atoms with Crippen molar-refractivity contribution in [1.82, 2.24) is 9.55 Å². The van der Waals surface area contributed by atoms with Crippen molar-refractivity contribution in [3.8, 4) is 0 Å². The second-order valence-corrected chi connectivity index (χ2v) is 8.41. The summed E-state index contributed by atoms with van der Waals surface area (Å²) in [6.45, 7) is 1.39. The molecule has 34 heavy (non-hydrogen) atoms. The molecule has 0 atom stereocenters. The van der Waals surface area contributed by atoms with Crippen LogP contribution >= 0.6 is 23.2 Å². The van der Waals surface area contributed by atoms with Crippen LogP contribution in [0.5, 0.6) is 0 Å². The molecule has 1 N–H and O–H groups in total. The molecule has 2 aromatic carbocycles. The van der Waals surface area contributed by atoms with Crippen LogP contribution in [0, 0.1) is 6.92 Å². The minimum absolute atomic E-state index is 0.0126. The number of halogens is 5. The SMILES string of the molecule is Cc1ccc2c(c1)c(C(=O)C(=O)Nc1ccccn1)c(C(F)(F)F)n2Cc1ccc(Cl)cc1Cl. The fourth-order valence-electron chi connectivity index (χ4n) is 3.70. The van der Waals surface area contributed by atoms with Crippen molar-refractivity contribution < 1.29 is 22.8 Å². The first-order valence-corrected chi connectivity index (χ1v) is 10.7. The highest BCUT2D eigenvalue weighted by molar-refractivity contribution is 6.48. The Labute approximate surface area is 202 Å². The van der Waals surface area contributed by atoms with Crippen LogP contribution in [0.25, 0.3) is 10.9 Å². The van der Waals surface area contributed by atoms with Gasteiger partial charge in [-0.05, 0) is 48.9 Å². The Balaban J connectivity index is 1.91. The van der Waals surface area contributed by atoms with Crippen LogP contribution in [0.15, 0.2) is 60.8 Å². The van der Waals surface area contributed by atoms with E-state index in [1.165, 1.54) is 42.6 Å². The number of alkyl halides is 3. The molecule has 2 aromatic heterocycles. The average Bonchev–Trinajstić information content (AvgIpc) is 3.09. The van der Waals surface area contributed by atoms with Gasteiger partial charge in [-0.1, -0.05) is 47.0 Å². The summed E-state index contributed by atoms with van der Waals surface area (Å²) in [5.41, 5.74) is -0.837. The highest BCUT2D eigenvalue weighted by atomic mass is 35.5. The van der Waals surface area contributed by atoms with E-state index in [-0.39, 0.29) is 28.3 Å². The first-order chi connectivity index (χ1) is 16.1. The topological polar surface area (TPSA) is 64.0 Å². The molecule has 174 valence electrons. The zero-order valence-corrected chi connectivity index (χ0v) is 19.1. The lowest BCUT2D eigenvalue weighted by molar-refractivity contribution is -0.143. The van der Waals surface area contributed by atoms with Gasteiger partial charge in [0.25, 0.3) is 11.7 Å². The van der Waals surface area contributed by atoms with Gasteiger partial charge < -0.3 is 9.88 Å². The Kier molecular flexibility index (Phi) is 6.38. The number of aryl methyl sites for hydroxylation is 1. The Bertz CT molecular complexity index is 1420. The molecule has 0 fully saturated rings. The van der Waals surface area contributed by atoms with Crippen molar-refractivity contribution in [2.75, 3.05) is 5.32 Å². The summed E-state index contributed by atoms with van der Waals surface area (Å²) in [6, 6.07) is 13.6. The Morgan fingerprint density at radius 1 is 1.06 bits per heavy atom. The van der Waals surface area contributed by atoms with Gasteiger partial charge in [-0.2, -0.15) is 13.2 Å². The maximum absolute atomic E-state index is 14.4. The van der Waals surface area contributed by atoms with Crippen LogP contribution in [-0.4, -0.2) is 21.2 Å². The van der Waals surface area contributed by atoms with Gasteiger partial charge in [0.1, 0.15) is 11.5 Å². The molecule has 4 aromatic rings. The number of hydrogen-bond acceptors (Lipinski definition) is 3. The summed E-state index contributed by atoms with van der Waals surface area (Å²) < 4.78 is 44.1. The minimum atomic E-state index is -4.94. The number of ketones is 1. The van der Waals surface area contributed by atoms with Crippen LogP contribution in [-0.2, 0) is 17.5 Å². The lowest BCUT2D eigenvalue weighted by Crippen LogP contribution is -2.26. The van der Waals surface area contributed by atoms with Crippen LogP contribution < -0.4 is 5.32 Å². The normalized spacial score (nSPS) is 11.6. The number of fused-ring (bicyclic) bond motifs is 1. The third kappa shape index (κ3) is 4.64. The summed E-state index contributed by atoms with van der Waals surface area (Å²) in [4.78, 5) is 29.7. The minimum Gasteiger partial charge on any atom is -0.332 e. The summed E-state index contributed by atoms with van der Waals surface area (Å²) in [5.74, 6) is -2.51. The van der Waals surface area contributed by atoms with E-state index in [1.54, 1.807) is 25.1 Å². The fourth-order valence-corrected chi connectivity index (χ4v) is 4.17. The van der Waals surface area contributed by atoms with E-state index in [9.17, 15) is 22.8 Å². The molecule has 0 radical (unpaired) electrons. The lowest BCUT2D eigenvalue weighted by atomic mass is 10.0. The molecule has 5 nitrogen and oxygen atoms in total. The van der Waals surface area contributed by atoms with Crippen molar-refractivity contribution in [1.29, 1.82) is 0 Å². The lowest BCUT2D eigenvalue weighted by Gasteiger charge is -2.15. The van der Waals surface area contributed by atoms with Crippen molar-refractivity contribution >= 4 is 51.6 Å². The van der Waals surface area contributed by atoms with Gasteiger partial charge in [0, 0.05) is 33.7 Å². The average molecular weight is 506 g/mol. The molecule has 0 aliphatic rings. The molecule has 2 heterocycles. The number of aromatic nitrogens is 2. The molecule has 10 heteroatoms. The number of benzene rings is 2. The Morgan fingerprint density at radius 3 is 2.47 bits per heavy atom. The standard InChI is InChI=1S/C24H16Cl2F3N3O2/c1-13-5-8-18-16(10-13)20(21(33)23(34)31-19-4-2-3-9-30-19)22(24(27,28)29)32(18)12-14-6-7-15(25)11-17(14)26/h2-11H,12H2,1H3,(H,30,31,34). The van der Waals surface area contributed by atoms with Crippen LogP contribution in [0.1, 0.15) is 27.2 Å². The van der Waals surface area contributed by atoms with E-state index in [0.29, 0.717) is 16.1 Å². The number of amides is 1. The van der Waals surface area contributed by atoms with Gasteiger partial charge in [-0.3, -0.25) is 9.59 Å². The molecule has 0 aliphatic heterocycles. The molecule has 0 unspecified atom stereocenters. The van der Waals surface area contributed by atoms with E-state index in [4.69, 9.17) is 23.2 Å². The summed E-state index contributed by atoms with van der Waals surface area (Å²) >= 11 is 12.1. The van der Waals surface area contributed by atoms with Gasteiger partial charge in [0.05, 0.1) is 5.56 Å². The number of anilines is 1. The maximum Gasteiger partial charge on any atom is 0.432 e. The highest BCUT2D eigenvalue weighted by Gasteiger charge is 2.42. The van der Waals surface area contributed by atoms with Crippen molar-refractivity contribution in [2.45, 2.75) is 19.6 Å². The first kappa shape index (κ1) is 23.8. The molecule has 4 rings (SSSR count). The predicted molar refractivity (Wildman–Crippen MR) is 124 cm³/mol. The van der Waals surface area contributed by atoms with Crippen molar-refractivity contribution in [3.63, 3.8) is 0 Å². The molecular weight excluding hydrogens is 490 g/mol. The van der Waals surface area contributed by atoms with E-state index < -0.39 is 29.1 Å². The van der Waals surface area contributed by atoms with E-state index in [2.05, 4.69) is 10.3 Å². The van der Waals surface area contributed by atoms with Gasteiger partial charge in [0.2, 0.25) is 0 Å². The third-order valence-corrected chi connectivity index (χ3v) is 5.76. The van der Waals surface area contributed by atoms with E-state index >= 15 is 0 Å². The highest BCUT2D eigenvalue weighted by Crippen LogP contribution is 2.40. The van der Waals surface area contributed by atoms with Crippen LogP contribution in [0.2, 0.25) is 10.0 Å². The Hall–Kier alpha value is -3.36. The zero-order valence-electron chi connectivity index (χ0n) is 17.6. The van der Waals surface area contributed by atoms with Crippen LogP contribution in [0.3, 0.4) is 0 Å². The number of carbonyl (C=O) groups is 2. The van der Waals surface area contributed by atoms with E-state index in [1.807, 2.05) is 0 Å². The molecule has 0 saturated carbocycles. The second kappa shape index (κ2) is 9.12. The molecule has 1 amide bonds. The van der Waals surface area contributed by atoms with Crippen molar-refractivity contribution in [3.05, 3.63) is 93.2 Å². The molecular formula is C24H16Cl2F3N3O2. The second-order valence-electron chi connectivity index (χ2n) is 7.56.